The van der Waals surface area contributed by atoms with Crippen LogP contribution in [0.15, 0.2) is 66.9 Å². The van der Waals surface area contributed by atoms with E-state index < -0.39 is 4.92 Å². The average molecular weight is 532 g/mol. The summed E-state index contributed by atoms with van der Waals surface area (Å²) in [4.78, 5) is 18.1. The van der Waals surface area contributed by atoms with Crippen molar-refractivity contribution in [1.29, 1.82) is 0 Å². The predicted octanol–water partition coefficient (Wildman–Crippen LogP) is 6.03. The summed E-state index contributed by atoms with van der Waals surface area (Å²) in [7, 11) is 1.47. The van der Waals surface area contributed by atoms with Gasteiger partial charge in [-0.15, -0.1) is 0 Å². The molecule has 0 radical (unpaired) electrons. The molecule has 1 saturated heterocycles. The van der Waals surface area contributed by atoms with E-state index in [1.165, 1.54) is 19.2 Å². The fraction of sp³-hybridized carbons (Fsp3) is 0.214. The van der Waals surface area contributed by atoms with Crippen LogP contribution in [-0.4, -0.2) is 26.7 Å². The van der Waals surface area contributed by atoms with Gasteiger partial charge in [0, 0.05) is 23.3 Å². The summed E-state index contributed by atoms with van der Waals surface area (Å²) in [5.74, 6) is 0.108. The second-order valence-corrected chi connectivity index (χ2v) is 9.59. The van der Waals surface area contributed by atoms with E-state index in [4.69, 9.17) is 17.0 Å². The van der Waals surface area contributed by atoms with Crippen molar-refractivity contribution in [2.45, 2.75) is 32.9 Å². The minimum atomic E-state index is -0.410. The lowest BCUT2D eigenvalue weighted by Gasteiger charge is -2.28. The van der Waals surface area contributed by atoms with E-state index in [-0.39, 0.29) is 23.6 Å². The summed E-state index contributed by atoms with van der Waals surface area (Å²) in [5.41, 5.74) is 4.96. The topological polar surface area (TPSA) is 85.5 Å². The fourth-order valence-corrected chi connectivity index (χ4v) is 5.50. The van der Waals surface area contributed by atoms with E-state index in [1.807, 2.05) is 47.6 Å². The Kier molecular flexibility index (Phi) is 6.58. The minimum absolute atomic E-state index is 0.0648. The molecule has 0 bridgehead atoms. The number of nitro groups is 1. The number of nitrogens with zero attached hydrogens (tertiary/aromatic N) is 4. The van der Waals surface area contributed by atoms with E-state index >= 15 is 0 Å². The molecule has 2 aromatic carbocycles. The number of pyridine rings is 1. The third-order valence-corrected chi connectivity index (χ3v) is 7.24. The van der Waals surface area contributed by atoms with E-state index in [0.29, 0.717) is 22.1 Å². The number of hydrogen-bond acceptors (Lipinski definition) is 5. The second-order valence-electron chi connectivity index (χ2n) is 9.20. The molecule has 0 spiro atoms. The van der Waals surface area contributed by atoms with Crippen molar-refractivity contribution in [1.82, 2.24) is 14.9 Å². The number of hydrogen-bond donors (Lipinski definition) is 1. The molecule has 1 aliphatic heterocycles. The first-order chi connectivity index (χ1) is 18.2. The van der Waals surface area contributed by atoms with Crippen molar-refractivity contribution < 1.29 is 14.1 Å². The molecule has 1 N–H and O–H groups in total. The highest BCUT2D eigenvalue weighted by Gasteiger charge is 2.42. The van der Waals surface area contributed by atoms with Crippen molar-refractivity contribution in [3.05, 3.63) is 111 Å². The van der Waals surface area contributed by atoms with Gasteiger partial charge in [-0.3, -0.25) is 15.1 Å². The molecule has 1 aliphatic rings. The Hall–Kier alpha value is -4.31. The maximum atomic E-state index is 14.2. The minimum Gasteiger partial charge on any atom is -0.496 e. The molecule has 8 nitrogen and oxygen atoms in total. The molecule has 0 unspecified atom stereocenters. The zero-order chi connectivity index (χ0) is 27.1. The Labute approximate surface area is 224 Å². The van der Waals surface area contributed by atoms with Crippen LogP contribution >= 0.6 is 12.2 Å². The van der Waals surface area contributed by atoms with Crippen LogP contribution in [0.3, 0.4) is 0 Å². The standard InChI is InChI=1S/C28H26FN5O3S/c1-16-13-19(8-10-22(16)29)33-27(26(31-28(33)38)23-7-5-6-12-30-23)21-14-17(2)32(18(21)3)24-11-9-20(37-4)15-25(24)34(35)36/h5-15,26-27H,1-4H3,(H,31,38)/t26-,27+/m0/s1. The van der Waals surface area contributed by atoms with Gasteiger partial charge in [-0.25, -0.2) is 4.39 Å². The Morgan fingerprint density at radius 2 is 1.89 bits per heavy atom. The molecule has 1 fully saturated rings. The van der Waals surface area contributed by atoms with Crippen LogP contribution in [0.25, 0.3) is 5.69 Å². The molecule has 0 saturated carbocycles. The maximum absolute atomic E-state index is 14.2. The highest BCUT2D eigenvalue weighted by Crippen LogP contribution is 2.44. The first kappa shape index (κ1) is 25.3. The lowest BCUT2D eigenvalue weighted by Crippen LogP contribution is -2.29. The molecule has 5 rings (SSSR count). The quantitative estimate of drug-likeness (QED) is 0.185. The molecule has 0 amide bonds. The number of methoxy groups -OCH3 is 1. The predicted molar refractivity (Wildman–Crippen MR) is 148 cm³/mol. The largest absolute Gasteiger partial charge is 0.496 e. The summed E-state index contributed by atoms with van der Waals surface area (Å²) in [5, 5.41) is 15.9. The lowest BCUT2D eigenvalue weighted by atomic mass is 9.96. The van der Waals surface area contributed by atoms with Gasteiger partial charge < -0.3 is 19.5 Å². The van der Waals surface area contributed by atoms with E-state index in [0.717, 1.165) is 28.3 Å². The van der Waals surface area contributed by atoms with Crippen LogP contribution in [0.1, 0.15) is 40.3 Å². The zero-order valence-corrected chi connectivity index (χ0v) is 22.1. The van der Waals surface area contributed by atoms with Crippen LogP contribution in [0.5, 0.6) is 5.75 Å². The van der Waals surface area contributed by atoms with Gasteiger partial charge >= 0.3 is 0 Å². The first-order valence-electron chi connectivity index (χ1n) is 12.0. The van der Waals surface area contributed by atoms with E-state index in [2.05, 4.69) is 10.3 Å². The number of halogens is 1. The molecule has 2 atom stereocenters. The van der Waals surface area contributed by atoms with Gasteiger partial charge in [0.1, 0.15) is 17.3 Å². The van der Waals surface area contributed by atoms with Gasteiger partial charge in [-0.05, 0) is 92.6 Å². The van der Waals surface area contributed by atoms with Gasteiger partial charge in [-0.1, -0.05) is 6.07 Å². The van der Waals surface area contributed by atoms with Gasteiger partial charge in [0.05, 0.1) is 35.9 Å². The van der Waals surface area contributed by atoms with Crippen LogP contribution in [0, 0.1) is 36.7 Å². The number of thiocarbonyl (C=S) groups is 1. The van der Waals surface area contributed by atoms with E-state index in [9.17, 15) is 14.5 Å². The zero-order valence-electron chi connectivity index (χ0n) is 21.3. The van der Waals surface area contributed by atoms with Crippen LogP contribution < -0.4 is 15.0 Å². The van der Waals surface area contributed by atoms with Gasteiger partial charge in [0.2, 0.25) is 0 Å². The maximum Gasteiger partial charge on any atom is 0.296 e. The number of anilines is 1. The number of nitro benzene ring substituents is 1. The van der Waals surface area contributed by atoms with Crippen molar-refractivity contribution in [2.75, 3.05) is 12.0 Å². The monoisotopic (exact) mass is 531 g/mol. The third kappa shape index (κ3) is 4.26. The number of ether oxygens (including phenoxy) is 1. The van der Waals surface area contributed by atoms with Gasteiger partial charge in [0.15, 0.2) is 5.11 Å². The number of aromatic nitrogens is 2. The van der Waals surface area contributed by atoms with Crippen molar-refractivity contribution in [3.63, 3.8) is 0 Å². The SMILES string of the molecule is COc1ccc(-n2c(C)cc([C@@H]3[C@H](c4ccccn4)NC(=S)N3c3ccc(F)c(C)c3)c2C)c([N+](=O)[O-])c1. The van der Waals surface area contributed by atoms with E-state index in [1.54, 1.807) is 37.4 Å². The summed E-state index contributed by atoms with van der Waals surface area (Å²) < 4.78 is 21.3. The molecule has 0 aliphatic carbocycles. The van der Waals surface area contributed by atoms with Crippen molar-refractivity contribution >= 4 is 28.7 Å². The molecule has 10 heteroatoms. The Morgan fingerprint density at radius 3 is 2.55 bits per heavy atom. The van der Waals surface area contributed by atoms with Crippen LogP contribution in [-0.2, 0) is 0 Å². The summed E-state index contributed by atoms with van der Waals surface area (Å²) >= 11 is 5.80. The second kappa shape index (κ2) is 9.86. The number of nitrogens with one attached hydrogen (secondary N) is 1. The summed E-state index contributed by atoms with van der Waals surface area (Å²) in [6.07, 6.45) is 1.73. The van der Waals surface area contributed by atoms with Crippen molar-refractivity contribution in [3.8, 4) is 11.4 Å². The summed E-state index contributed by atoms with van der Waals surface area (Å²) in [6, 6.07) is 16.8. The molecular formula is C28H26FN5O3S. The van der Waals surface area contributed by atoms with Crippen molar-refractivity contribution in [2.24, 2.45) is 0 Å². The molecule has 3 heterocycles. The Bertz CT molecular complexity index is 1560. The molecular weight excluding hydrogens is 505 g/mol. The van der Waals surface area contributed by atoms with Gasteiger partial charge in [-0.2, -0.15) is 0 Å². The highest BCUT2D eigenvalue weighted by atomic mass is 32.1. The average Bonchev–Trinajstić information content (AvgIpc) is 3.40. The third-order valence-electron chi connectivity index (χ3n) is 6.93. The molecule has 4 aromatic rings. The smallest absolute Gasteiger partial charge is 0.296 e. The normalized spacial score (nSPS) is 17.0. The highest BCUT2D eigenvalue weighted by molar-refractivity contribution is 7.80. The number of benzene rings is 2. The lowest BCUT2D eigenvalue weighted by molar-refractivity contribution is -0.384. The summed E-state index contributed by atoms with van der Waals surface area (Å²) in [6.45, 7) is 5.56. The van der Waals surface area contributed by atoms with Crippen LogP contribution in [0.2, 0.25) is 0 Å². The first-order valence-corrected chi connectivity index (χ1v) is 12.4. The molecule has 2 aromatic heterocycles. The molecule has 194 valence electrons. The Balaban J connectivity index is 1.71. The molecule has 38 heavy (non-hydrogen) atoms. The van der Waals surface area contributed by atoms with Crippen LogP contribution in [0.4, 0.5) is 15.8 Å². The Morgan fingerprint density at radius 1 is 1.11 bits per heavy atom. The fourth-order valence-electron chi connectivity index (χ4n) is 5.15. The number of aryl methyl sites for hydroxylation is 2. The van der Waals surface area contributed by atoms with Gasteiger partial charge in [0.25, 0.3) is 5.69 Å². The number of rotatable bonds is 6.